The van der Waals surface area contributed by atoms with E-state index in [4.69, 9.17) is 14.2 Å². The van der Waals surface area contributed by atoms with Gasteiger partial charge in [0.05, 0.1) is 49.3 Å². The maximum absolute atomic E-state index is 14.2. The molecule has 4 amide bonds. The van der Waals surface area contributed by atoms with Gasteiger partial charge in [-0.15, -0.1) is 0 Å². The van der Waals surface area contributed by atoms with Gasteiger partial charge in [0.25, 0.3) is 0 Å². The van der Waals surface area contributed by atoms with Crippen molar-refractivity contribution in [2.75, 3.05) is 42.0 Å². The number of ether oxygens (including phenoxy) is 3. The van der Waals surface area contributed by atoms with Crippen molar-refractivity contribution in [1.29, 1.82) is 0 Å². The molecule has 2 heterocycles. The fourth-order valence-electron chi connectivity index (χ4n) is 7.63. The van der Waals surface area contributed by atoms with Crippen LogP contribution in [0.2, 0.25) is 0 Å². The molecule has 0 aliphatic carbocycles. The van der Waals surface area contributed by atoms with Crippen LogP contribution in [0.25, 0.3) is 10.9 Å². The van der Waals surface area contributed by atoms with E-state index in [1.54, 1.807) is 51.8 Å². The molecule has 1 aliphatic heterocycles. The summed E-state index contributed by atoms with van der Waals surface area (Å²) in [6.45, 7) is 13.5. The van der Waals surface area contributed by atoms with Crippen LogP contribution < -0.4 is 16.0 Å². The summed E-state index contributed by atoms with van der Waals surface area (Å²) in [5.74, 6) is -2.63. The number of likely N-dealkylation sites (tertiary alicyclic amines) is 1. The lowest BCUT2D eigenvalue weighted by Crippen LogP contribution is -2.61. The number of rotatable bonds is 20. The van der Waals surface area contributed by atoms with Crippen LogP contribution in [0.15, 0.2) is 30.5 Å². The molecule has 14 nitrogen and oxygen atoms in total. The number of nitrogens with one attached hydrogen (secondary N) is 4. The van der Waals surface area contributed by atoms with Gasteiger partial charge in [-0.05, 0) is 57.2 Å². The summed E-state index contributed by atoms with van der Waals surface area (Å²) >= 11 is 0. The fraction of sp³-hybridized carbons (Fsp3) is 0.683. The Morgan fingerprint density at radius 1 is 1.02 bits per heavy atom. The van der Waals surface area contributed by atoms with Crippen LogP contribution in [0.1, 0.15) is 79.7 Å². The van der Waals surface area contributed by atoms with Gasteiger partial charge in [-0.3, -0.25) is 19.2 Å². The smallest absolute Gasteiger partial charge is 0.328 e. The Morgan fingerprint density at radius 3 is 2.27 bits per heavy atom. The third-order valence-electron chi connectivity index (χ3n) is 11.6. The Kier molecular flexibility index (Phi) is 16.7. The third kappa shape index (κ3) is 10.9. The van der Waals surface area contributed by atoms with Crippen LogP contribution >= 0.6 is 0 Å². The largest absolute Gasteiger partial charge is 0.467 e. The number of para-hydroxylation sites is 1. The van der Waals surface area contributed by atoms with Crippen molar-refractivity contribution >= 4 is 40.5 Å². The first-order valence-corrected chi connectivity index (χ1v) is 19.5. The number of hydrogen-bond acceptors (Lipinski definition) is 9. The van der Waals surface area contributed by atoms with Crippen LogP contribution in [-0.4, -0.2) is 128 Å². The van der Waals surface area contributed by atoms with Crippen LogP contribution in [0.3, 0.4) is 0 Å². The van der Waals surface area contributed by atoms with Crippen LogP contribution in [0, 0.1) is 17.8 Å². The van der Waals surface area contributed by atoms with Gasteiger partial charge < -0.3 is 44.9 Å². The number of aromatic nitrogens is 1. The Labute approximate surface area is 327 Å². The summed E-state index contributed by atoms with van der Waals surface area (Å²) < 4.78 is 17.0. The Bertz CT molecular complexity index is 1610. The van der Waals surface area contributed by atoms with E-state index >= 15 is 0 Å². The molecule has 3 rings (SSSR count). The molecular weight excluding hydrogens is 704 g/mol. The molecule has 0 bridgehead atoms. The summed E-state index contributed by atoms with van der Waals surface area (Å²) in [6.07, 6.45) is 2.81. The van der Waals surface area contributed by atoms with Gasteiger partial charge in [0.1, 0.15) is 12.1 Å². The monoisotopic (exact) mass is 770 g/mol. The second-order valence-electron chi connectivity index (χ2n) is 15.8. The number of carbonyl (C=O) groups excluding carboxylic acids is 5. The highest BCUT2D eigenvalue weighted by atomic mass is 16.5. The Hall–Kier alpha value is -4.01. The van der Waals surface area contributed by atoms with Gasteiger partial charge in [-0.1, -0.05) is 59.2 Å². The molecule has 4 N–H and O–H groups in total. The standard InChI is InChI=1S/C41H66N6O8/c1-13-25(4)35(46(9)38(50)34(24(2)3)45-40(52)41(6,7)42-8)32(53-10)22-33(48)47-20-16-19-31(47)36(54-11)26(5)37(49)44-30(39(51)55-12)21-27-23-43-29-18-15-14-17-28(27)29/h14-15,17-18,23-26,30-32,34-36,42-43H,13,16,19-22H2,1-12H3,(H,44,49)(H,45,52). The normalized spacial score (nSPS) is 18.6. The number of aromatic amines is 1. The number of H-pyrrole nitrogens is 1. The summed E-state index contributed by atoms with van der Waals surface area (Å²) in [5, 5.41) is 9.78. The molecule has 14 heteroatoms. The molecule has 1 saturated heterocycles. The molecule has 1 aliphatic rings. The summed E-state index contributed by atoms with van der Waals surface area (Å²) in [4.78, 5) is 74.8. The Morgan fingerprint density at radius 2 is 1.69 bits per heavy atom. The highest BCUT2D eigenvalue weighted by Gasteiger charge is 2.43. The minimum atomic E-state index is -0.934. The summed E-state index contributed by atoms with van der Waals surface area (Å²) in [7, 11) is 7.76. The molecule has 8 unspecified atom stereocenters. The second-order valence-corrected chi connectivity index (χ2v) is 15.8. The number of methoxy groups -OCH3 is 3. The summed E-state index contributed by atoms with van der Waals surface area (Å²) in [5.41, 5.74) is 0.913. The number of likely N-dealkylation sites (N-methyl/N-ethyl adjacent to an activating group) is 2. The van der Waals surface area contributed by atoms with Gasteiger partial charge in [0.15, 0.2) is 0 Å². The maximum atomic E-state index is 14.2. The summed E-state index contributed by atoms with van der Waals surface area (Å²) in [6, 6.07) is 5.13. The van der Waals surface area contributed by atoms with Gasteiger partial charge in [0, 0.05) is 51.3 Å². The molecule has 1 aromatic carbocycles. The highest BCUT2D eigenvalue weighted by molar-refractivity contribution is 5.92. The topological polar surface area (TPSA) is 171 Å². The number of hydrogen-bond donors (Lipinski definition) is 4. The van der Waals surface area contributed by atoms with Crippen molar-refractivity contribution in [1.82, 2.24) is 30.7 Å². The molecular formula is C41H66N6O8. The number of nitrogens with zero attached hydrogens (tertiary/aromatic N) is 2. The van der Waals surface area contributed by atoms with Crippen molar-refractivity contribution in [3.63, 3.8) is 0 Å². The first kappa shape index (κ1) is 45.4. The number of amides is 4. The average molecular weight is 771 g/mol. The van der Waals surface area contributed by atoms with E-state index in [1.807, 2.05) is 58.2 Å². The minimum absolute atomic E-state index is 0.00281. The van der Waals surface area contributed by atoms with Gasteiger partial charge >= 0.3 is 5.97 Å². The molecule has 1 fully saturated rings. The van der Waals surface area contributed by atoms with E-state index in [-0.39, 0.29) is 42.4 Å². The predicted molar refractivity (Wildman–Crippen MR) is 212 cm³/mol. The van der Waals surface area contributed by atoms with E-state index < -0.39 is 59.7 Å². The van der Waals surface area contributed by atoms with Gasteiger partial charge in [-0.2, -0.15) is 0 Å². The van der Waals surface area contributed by atoms with E-state index in [1.165, 1.54) is 14.2 Å². The molecule has 0 radical (unpaired) electrons. The van der Waals surface area contributed by atoms with Crippen molar-refractivity contribution < 1.29 is 38.2 Å². The van der Waals surface area contributed by atoms with Gasteiger partial charge in [0.2, 0.25) is 23.6 Å². The molecule has 1 aromatic heterocycles. The van der Waals surface area contributed by atoms with Crippen LogP contribution in [0.5, 0.6) is 0 Å². The predicted octanol–water partition coefficient (Wildman–Crippen LogP) is 3.43. The van der Waals surface area contributed by atoms with E-state index in [2.05, 4.69) is 20.9 Å². The van der Waals surface area contributed by atoms with Crippen molar-refractivity contribution in [2.24, 2.45) is 17.8 Å². The zero-order valence-corrected chi connectivity index (χ0v) is 35.0. The number of fused-ring (bicyclic) bond motifs is 1. The molecule has 2 aromatic rings. The highest BCUT2D eigenvalue weighted by Crippen LogP contribution is 2.30. The molecule has 0 saturated carbocycles. The molecule has 0 spiro atoms. The zero-order valence-electron chi connectivity index (χ0n) is 35.0. The van der Waals surface area contributed by atoms with Crippen LogP contribution in [-0.2, 0) is 44.6 Å². The molecule has 8 atom stereocenters. The molecule has 55 heavy (non-hydrogen) atoms. The van der Waals surface area contributed by atoms with E-state index in [0.717, 1.165) is 29.3 Å². The maximum Gasteiger partial charge on any atom is 0.328 e. The van der Waals surface area contributed by atoms with E-state index in [9.17, 15) is 24.0 Å². The van der Waals surface area contributed by atoms with Crippen molar-refractivity contribution in [3.05, 3.63) is 36.0 Å². The van der Waals surface area contributed by atoms with Gasteiger partial charge in [-0.25, -0.2) is 4.79 Å². The number of benzene rings is 1. The van der Waals surface area contributed by atoms with Crippen molar-refractivity contribution in [2.45, 2.75) is 122 Å². The number of esters is 1. The SMILES string of the molecule is CCC(C)C(C(CC(=O)N1CCCC1C(OC)C(C)C(=O)NC(Cc1c[nH]c2ccccc12)C(=O)OC)OC)N(C)C(=O)C(NC(=O)C(C)(C)NC)C(C)C. The molecule has 308 valence electrons. The third-order valence-corrected chi connectivity index (χ3v) is 11.6. The van der Waals surface area contributed by atoms with Crippen molar-refractivity contribution in [3.8, 4) is 0 Å². The lowest BCUT2D eigenvalue weighted by molar-refractivity contribution is -0.149. The van der Waals surface area contributed by atoms with Crippen LogP contribution in [0.4, 0.5) is 0 Å². The first-order valence-electron chi connectivity index (χ1n) is 19.5. The second kappa shape index (κ2) is 20.2. The number of carbonyl (C=O) groups is 5. The quantitative estimate of drug-likeness (QED) is 0.147. The average Bonchev–Trinajstić information content (AvgIpc) is 3.83. The van der Waals surface area contributed by atoms with E-state index in [0.29, 0.717) is 13.0 Å². The Balaban J connectivity index is 1.79. The minimum Gasteiger partial charge on any atom is -0.467 e. The lowest BCUT2D eigenvalue weighted by Gasteiger charge is -2.41. The zero-order chi connectivity index (χ0) is 41.2. The first-order chi connectivity index (χ1) is 26.0. The fourth-order valence-corrected chi connectivity index (χ4v) is 7.63. The lowest BCUT2D eigenvalue weighted by atomic mass is 9.89.